The molecule has 0 atom stereocenters. The first-order chi connectivity index (χ1) is 7.24. The topological polar surface area (TPSA) is 50.2 Å². The number of thiophene rings is 1. The summed E-state index contributed by atoms with van der Waals surface area (Å²) in [6, 6.07) is 3.90. The molecule has 1 fully saturated rings. The first-order valence-electron chi connectivity index (χ1n) is 4.80. The molecule has 0 bridgehead atoms. The van der Waals surface area contributed by atoms with E-state index >= 15 is 0 Å². The maximum absolute atomic E-state index is 11.2. The Labute approximate surface area is 90.4 Å². The fourth-order valence-electron chi connectivity index (χ4n) is 1.95. The van der Waals surface area contributed by atoms with Gasteiger partial charge in [0.05, 0.1) is 5.69 Å². The molecule has 2 aromatic rings. The van der Waals surface area contributed by atoms with Gasteiger partial charge in [-0.3, -0.25) is 9.78 Å². The Morgan fingerprint density at radius 1 is 1.47 bits per heavy atom. The predicted molar refractivity (Wildman–Crippen MR) is 58.2 cm³/mol. The quantitative estimate of drug-likeness (QED) is 0.843. The highest BCUT2D eigenvalue weighted by Gasteiger charge is 2.53. The second kappa shape index (κ2) is 2.79. The van der Waals surface area contributed by atoms with Crippen molar-refractivity contribution in [2.45, 2.75) is 18.3 Å². The van der Waals surface area contributed by atoms with Gasteiger partial charge in [-0.1, -0.05) is 0 Å². The number of fused-ring (bicyclic) bond motifs is 1. The van der Waals surface area contributed by atoms with Gasteiger partial charge in [0.25, 0.3) is 0 Å². The lowest BCUT2D eigenvalue weighted by Crippen LogP contribution is -2.20. The van der Waals surface area contributed by atoms with Crippen LogP contribution in [0.3, 0.4) is 0 Å². The lowest BCUT2D eigenvalue weighted by atomic mass is 9.99. The van der Waals surface area contributed by atoms with Gasteiger partial charge in [-0.25, -0.2) is 0 Å². The van der Waals surface area contributed by atoms with Crippen LogP contribution in [-0.4, -0.2) is 16.1 Å². The molecule has 0 radical (unpaired) electrons. The van der Waals surface area contributed by atoms with E-state index in [1.54, 1.807) is 17.5 Å². The number of aliphatic carboxylic acids is 1. The molecule has 3 nitrogen and oxygen atoms in total. The molecule has 76 valence electrons. The third-order valence-corrected chi connectivity index (χ3v) is 3.87. The fraction of sp³-hybridized carbons (Fsp3) is 0.273. The number of hydrogen-bond donors (Lipinski definition) is 1. The van der Waals surface area contributed by atoms with Gasteiger partial charge in [0.15, 0.2) is 0 Å². The number of hydrogen-bond acceptors (Lipinski definition) is 3. The Morgan fingerprint density at radius 2 is 2.27 bits per heavy atom. The average molecular weight is 219 g/mol. The maximum atomic E-state index is 11.2. The number of carbonyl (C=O) groups is 1. The predicted octanol–water partition coefficient (Wildman–Crippen LogP) is 2.41. The van der Waals surface area contributed by atoms with Crippen LogP contribution in [0, 0.1) is 0 Å². The molecule has 0 aromatic carbocycles. The molecule has 0 amide bonds. The van der Waals surface area contributed by atoms with E-state index in [0.29, 0.717) is 12.8 Å². The third-order valence-electron chi connectivity index (χ3n) is 2.99. The molecule has 1 N–H and O–H groups in total. The monoisotopic (exact) mass is 219 g/mol. The molecule has 2 heterocycles. The summed E-state index contributed by atoms with van der Waals surface area (Å²) in [6.07, 6.45) is 3.13. The van der Waals surface area contributed by atoms with E-state index in [1.807, 2.05) is 17.5 Å². The van der Waals surface area contributed by atoms with Crippen LogP contribution in [-0.2, 0) is 10.2 Å². The zero-order chi connectivity index (χ0) is 10.5. The van der Waals surface area contributed by atoms with E-state index in [1.165, 1.54) is 0 Å². The molecule has 1 aliphatic rings. The van der Waals surface area contributed by atoms with Crippen molar-refractivity contribution in [2.24, 2.45) is 0 Å². The first-order valence-corrected chi connectivity index (χ1v) is 5.68. The Hall–Kier alpha value is -1.42. The van der Waals surface area contributed by atoms with Crippen molar-refractivity contribution in [3.63, 3.8) is 0 Å². The molecular weight excluding hydrogens is 210 g/mol. The molecule has 4 heteroatoms. The lowest BCUT2D eigenvalue weighted by Gasteiger charge is -2.09. The third kappa shape index (κ3) is 1.11. The van der Waals surface area contributed by atoms with Gasteiger partial charge in [0.2, 0.25) is 0 Å². The number of rotatable bonds is 2. The van der Waals surface area contributed by atoms with Crippen molar-refractivity contribution >= 4 is 27.4 Å². The summed E-state index contributed by atoms with van der Waals surface area (Å²) in [7, 11) is 0. The van der Waals surface area contributed by atoms with Crippen LogP contribution in [0.2, 0.25) is 0 Å². The largest absolute Gasteiger partial charge is 0.481 e. The Morgan fingerprint density at radius 3 is 2.93 bits per heavy atom. The van der Waals surface area contributed by atoms with Crippen LogP contribution in [0.4, 0.5) is 0 Å². The summed E-state index contributed by atoms with van der Waals surface area (Å²) in [4.78, 5) is 15.5. The van der Waals surface area contributed by atoms with E-state index in [0.717, 1.165) is 15.8 Å². The van der Waals surface area contributed by atoms with Crippen LogP contribution in [0.1, 0.15) is 18.5 Å². The summed E-state index contributed by atoms with van der Waals surface area (Å²) in [5, 5.41) is 12.2. The summed E-state index contributed by atoms with van der Waals surface area (Å²) < 4.78 is 1.12. The second-order valence-corrected chi connectivity index (χ2v) is 4.83. The van der Waals surface area contributed by atoms with Gasteiger partial charge in [-0.05, 0) is 30.4 Å². The Bertz CT molecular complexity index is 542. The molecule has 15 heavy (non-hydrogen) atoms. The number of carboxylic acids is 1. The second-order valence-electron chi connectivity index (χ2n) is 3.88. The standard InChI is InChI=1S/C11H9NO2S/c13-10(14)11(3-4-11)9-7-2-6-15-8(7)1-5-12-9/h1-2,5-6H,3-4H2,(H,13,14). The summed E-state index contributed by atoms with van der Waals surface area (Å²) in [5.74, 6) is -0.742. The van der Waals surface area contributed by atoms with Crippen molar-refractivity contribution in [3.8, 4) is 0 Å². The lowest BCUT2D eigenvalue weighted by molar-refractivity contribution is -0.140. The number of aromatic nitrogens is 1. The van der Waals surface area contributed by atoms with Crippen molar-refractivity contribution in [2.75, 3.05) is 0 Å². The van der Waals surface area contributed by atoms with Gasteiger partial charge in [0, 0.05) is 16.3 Å². The van der Waals surface area contributed by atoms with E-state index in [9.17, 15) is 9.90 Å². The molecule has 1 saturated carbocycles. The van der Waals surface area contributed by atoms with E-state index in [4.69, 9.17) is 0 Å². The van der Waals surface area contributed by atoms with Crippen LogP contribution < -0.4 is 0 Å². The molecule has 0 spiro atoms. The summed E-state index contributed by atoms with van der Waals surface area (Å²) in [5.41, 5.74) is 0.0503. The van der Waals surface area contributed by atoms with E-state index < -0.39 is 11.4 Å². The normalized spacial score (nSPS) is 17.9. The molecule has 0 unspecified atom stereocenters. The highest BCUT2D eigenvalue weighted by atomic mass is 32.1. The van der Waals surface area contributed by atoms with Gasteiger partial charge >= 0.3 is 5.97 Å². The van der Waals surface area contributed by atoms with Crippen LogP contribution in [0.5, 0.6) is 0 Å². The smallest absolute Gasteiger partial charge is 0.315 e. The number of carboxylic acid groups (broad SMARTS) is 1. The van der Waals surface area contributed by atoms with Crippen LogP contribution in [0.25, 0.3) is 10.1 Å². The molecule has 3 rings (SSSR count). The zero-order valence-corrected chi connectivity index (χ0v) is 8.75. The number of pyridine rings is 1. The summed E-state index contributed by atoms with van der Waals surface area (Å²) in [6.45, 7) is 0. The molecule has 1 aliphatic carbocycles. The summed E-state index contributed by atoms with van der Waals surface area (Å²) >= 11 is 1.62. The minimum atomic E-state index is -0.742. The molecule has 0 aliphatic heterocycles. The van der Waals surface area contributed by atoms with Gasteiger partial charge in [-0.15, -0.1) is 11.3 Å². The minimum Gasteiger partial charge on any atom is -0.481 e. The Balaban J connectivity index is 2.27. The minimum absolute atomic E-state index is 0.694. The SMILES string of the molecule is O=C(O)C1(c2nccc3sccc23)CC1. The van der Waals surface area contributed by atoms with Gasteiger partial charge < -0.3 is 5.11 Å². The Kier molecular flexibility index (Phi) is 1.65. The molecule has 2 aromatic heterocycles. The van der Waals surface area contributed by atoms with E-state index in [-0.39, 0.29) is 0 Å². The average Bonchev–Trinajstić information content (AvgIpc) is 2.89. The van der Waals surface area contributed by atoms with Crippen molar-refractivity contribution in [1.29, 1.82) is 0 Å². The maximum Gasteiger partial charge on any atom is 0.315 e. The highest BCUT2D eigenvalue weighted by Crippen LogP contribution is 2.49. The van der Waals surface area contributed by atoms with Crippen LogP contribution >= 0.6 is 11.3 Å². The van der Waals surface area contributed by atoms with Crippen molar-refractivity contribution in [1.82, 2.24) is 4.98 Å². The highest BCUT2D eigenvalue weighted by molar-refractivity contribution is 7.17. The van der Waals surface area contributed by atoms with E-state index in [2.05, 4.69) is 4.98 Å². The van der Waals surface area contributed by atoms with Crippen LogP contribution in [0.15, 0.2) is 23.7 Å². The van der Waals surface area contributed by atoms with Crippen molar-refractivity contribution in [3.05, 3.63) is 29.4 Å². The van der Waals surface area contributed by atoms with Crippen molar-refractivity contribution < 1.29 is 9.90 Å². The molecular formula is C11H9NO2S. The first kappa shape index (κ1) is 8.85. The molecule has 0 saturated heterocycles. The number of nitrogens with zero attached hydrogens (tertiary/aromatic N) is 1. The zero-order valence-electron chi connectivity index (χ0n) is 7.93. The van der Waals surface area contributed by atoms with Gasteiger partial charge in [0.1, 0.15) is 5.41 Å². The fourth-order valence-corrected chi connectivity index (χ4v) is 2.73. The van der Waals surface area contributed by atoms with Gasteiger partial charge in [-0.2, -0.15) is 0 Å².